The van der Waals surface area contributed by atoms with E-state index in [-0.39, 0.29) is 37.9 Å². The summed E-state index contributed by atoms with van der Waals surface area (Å²) in [6, 6.07) is 4.72. The van der Waals surface area contributed by atoms with E-state index in [1.807, 2.05) is 19.9 Å². The number of halogens is 1. The van der Waals surface area contributed by atoms with Crippen LogP contribution in [-0.4, -0.2) is 45.2 Å². The van der Waals surface area contributed by atoms with Crippen LogP contribution in [0.4, 0.5) is 11.4 Å². The summed E-state index contributed by atoms with van der Waals surface area (Å²) < 4.78 is 22.2. The molecule has 0 bridgehead atoms. The van der Waals surface area contributed by atoms with Crippen molar-refractivity contribution in [3.8, 4) is 11.5 Å². The average molecular weight is 484 g/mol. The highest BCUT2D eigenvalue weighted by atomic mass is 35.5. The van der Waals surface area contributed by atoms with Crippen LogP contribution in [0, 0.1) is 4.91 Å². The van der Waals surface area contributed by atoms with E-state index in [0.717, 1.165) is 5.57 Å². The topological polar surface area (TPSA) is 142 Å². The summed E-state index contributed by atoms with van der Waals surface area (Å²) in [6.07, 6.45) is 1.97. The predicted molar refractivity (Wildman–Crippen MR) is 128 cm³/mol. The molecule has 0 saturated heterocycles. The van der Waals surface area contributed by atoms with Crippen LogP contribution >= 0.6 is 12.4 Å². The number of benzene rings is 2. The zero-order valence-electron chi connectivity index (χ0n) is 19.0. The fourth-order valence-electron chi connectivity index (χ4n) is 3.32. The number of carbonyl (C=O) groups is 1. The molecule has 0 aromatic heterocycles. The molecule has 2 aromatic carbocycles. The van der Waals surface area contributed by atoms with Crippen molar-refractivity contribution in [1.29, 1.82) is 0 Å². The SMILES string of the molecule is COc1cc(C(CC=C(C)C)OCCOC(=O)CN)c(OC)c2c(N=O)ccc(NO)c12.Cl. The Morgan fingerprint density at radius 1 is 1.21 bits per heavy atom. The summed E-state index contributed by atoms with van der Waals surface area (Å²) >= 11 is 0. The number of esters is 1. The first-order valence-corrected chi connectivity index (χ1v) is 9.97. The predicted octanol–water partition coefficient (Wildman–Crippen LogP) is 4.39. The number of nitrogens with one attached hydrogen (secondary N) is 1. The van der Waals surface area contributed by atoms with Gasteiger partial charge in [-0.15, -0.1) is 17.3 Å². The Labute approximate surface area is 198 Å². The Morgan fingerprint density at radius 3 is 2.48 bits per heavy atom. The summed E-state index contributed by atoms with van der Waals surface area (Å²) in [5.74, 6) is 0.224. The number of hydrogen-bond acceptors (Lipinski definition) is 10. The van der Waals surface area contributed by atoms with Gasteiger partial charge in [0, 0.05) is 5.56 Å². The number of anilines is 1. The molecule has 0 aliphatic rings. The fraction of sp³-hybridized carbons (Fsp3) is 0.409. The second-order valence-electron chi connectivity index (χ2n) is 7.09. The number of carbonyl (C=O) groups excluding carboxylic acids is 1. The number of hydrogen-bond donors (Lipinski definition) is 3. The van der Waals surface area contributed by atoms with Gasteiger partial charge in [0.25, 0.3) is 0 Å². The number of nitroso groups, excluding NO2 is 1. The first-order chi connectivity index (χ1) is 15.4. The van der Waals surface area contributed by atoms with Crippen LogP contribution < -0.4 is 20.7 Å². The number of rotatable bonds is 12. The van der Waals surface area contributed by atoms with E-state index in [9.17, 15) is 14.9 Å². The van der Waals surface area contributed by atoms with Gasteiger partial charge in [0.05, 0.1) is 49.9 Å². The number of methoxy groups -OCH3 is 2. The van der Waals surface area contributed by atoms with Gasteiger partial charge in [-0.3, -0.25) is 15.5 Å². The molecule has 2 rings (SSSR count). The molecular formula is C22H30ClN3O7. The number of nitrogens with two attached hydrogens (primary N) is 1. The number of fused-ring (bicyclic) bond motifs is 1. The van der Waals surface area contributed by atoms with Gasteiger partial charge in [0.2, 0.25) is 0 Å². The smallest absolute Gasteiger partial charge is 0.319 e. The Bertz CT molecular complexity index is 994. The van der Waals surface area contributed by atoms with E-state index in [0.29, 0.717) is 39.9 Å². The minimum Gasteiger partial charge on any atom is -0.496 e. The van der Waals surface area contributed by atoms with E-state index < -0.39 is 12.1 Å². The molecule has 11 heteroatoms. The average Bonchev–Trinajstić information content (AvgIpc) is 2.81. The maximum atomic E-state index is 11.6. The Morgan fingerprint density at radius 2 is 1.94 bits per heavy atom. The molecule has 33 heavy (non-hydrogen) atoms. The molecule has 182 valence electrons. The number of allylic oxidation sites excluding steroid dienone is 1. The van der Waals surface area contributed by atoms with Gasteiger partial charge in [0.15, 0.2) is 0 Å². The van der Waals surface area contributed by atoms with Gasteiger partial charge in [-0.2, -0.15) is 0 Å². The molecule has 1 unspecified atom stereocenters. The van der Waals surface area contributed by atoms with Crippen LogP contribution in [0.15, 0.2) is 35.0 Å². The van der Waals surface area contributed by atoms with E-state index in [1.54, 1.807) is 6.07 Å². The van der Waals surface area contributed by atoms with E-state index in [2.05, 4.69) is 10.7 Å². The third-order valence-electron chi connectivity index (χ3n) is 4.77. The highest BCUT2D eigenvalue weighted by molar-refractivity contribution is 6.08. The van der Waals surface area contributed by atoms with Crippen molar-refractivity contribution < 1.29 is 28.9 Å². The Kier molecular flexibility index (Phi) is 11.6. The zero-order valence-corrected chi connectivity index (χ0v) is 19.9. The lowest BCUT2D eigenvalue weighted by Gasteiger charge is -2.23. The third kappa shape index (κ3) is 6.78. The van der Waals surface area contributed by atoms with Crippen LogP contribution in [0.1, 0.15) is 31.9 Å². The standard InChI is InChI=1S/C22H29N3O7.ClH/c1-13(2)5-8-17(31-9-10-32-19(26)12-23)14-11-18(29-3)20-15(24-27)6-7-16(25-28)21(20)22(14)30-4;/h5-7,11,17,24,27H,8-10,12,23H2,1-4H3;1H. The van der Waals surface area contributed by atoms with Crippen molar-refractivity contribution in [3.63, 3.8) is 0 Å². The molecule has 10 nitrogen and oxygen atoms in total. The van der Waals surface area contributed by atoms with Gasteiger partial charge in [0.1, 0.15) is 23.8 Å². The van der Waals surface area contributed by atoms with Crippen molar-refractivity contribution in [1.82, 2.24) is 0 Å². The van der Waals surface area contributed by atoms with E-state index in [4.69, 9.17) is 24.7 Å². The highest BCUT2D eigenvalue weighted by Gasteiger charge is 2.25. The molecule has 0 aliphatic heterocycles. The van der Waals surface area contributed by atoms with Crippen LogP contribution in [0.3, 0.4) is 0 Å². The maximum absolute atomic E-state index is 11.6. The van der Waals surface area contributed by atoms with Gasteiger partial charge in [-0.05, 0) is 43.6 Å². The van der Waals surface area contributed by atoms with Crippen molar-refractivity contribution >= 4 is 40.5 Å². The van der Waals surface area contributed by atoms with Crippen molar-refractivity contribution in [2.24, 2.45) is 10.9 Å². The minimum absolute atomic E-state index is 0. The molecular weight excluding hydrogens is 454 g/mol. The second kappa shape index (κ2) is 13.6. The molecule has 2 aromatic rings. The molecule has 1 atom stereocenters. The summed E-state index contributed by atoms with van der Waals surface area (Å²) in [6.45, 7) is 3.87. The van der Waals surface area contributed by atoms with Gasteiger partial charge < -0.3 is 24.7 Å². The monoisotopic (exact) mass is 483 g/mol. The maximum Gasteiger partial charge on any atom is 0.319 e. The fourth-order valence-corrected chi connectivity index (χ4v) is 3.32. The molecule has 4 N–H and O–H groups in total. The molecule has 0 aliphatic carbocycles. The van der Waals surface area contributed by atoms with E-state index in [1.165, 1.54) is 26.4 Å². The summed E-state index contributed by atoms with van der Waals surface area (Å²) in [5, 5.41) is 13.5. The zero-order chi connectivity index (χ0) is 23.7. The molecule has 0 saturated carbocycles. The third-order valence-corrected chi connectivity index (χ3v) is 4.77. The number of nitrogens with zero attached hydrogens (tertiary/aromatic N) is 1. The summed E-state index contributed by atoms with van der Waals surface area (Å²) in [5.41, 5.74) is 9.50. The van der Waals surface area contributed by atoms with Crippen molar-refractivity contribution in [3.05, 3.63) is 40.3 Å². The minimum atomic E-state index is -0.523. The van der Waals surface area contributed by atoms with Crippen LogP contribution in [0.25, 0.3) is 10.8 Å². The van der Waals surface area contributed by atoms with Gasteiger partial charge in [-0.25, -0.2) is 0 Å². The lowest BCUT2D eigenvalue weighted by molar-refractivity contribution is -0.144. The summed E-state index contributed by atoms with van der Waals surface area (Å²) in [7, 11) is 2.95. The van der Waals surface area contributed by atoms with Crippen LogP contribution in [-0.2, 0) is 14.3 Å². The van der Waals surface area contributed by atoms with Crippen molar-refractivity contribution in [2.75, 3.05) is 39.5 Å². The first-order valence-electron chi connectivity index (χ1n) is 9.97. The van der Waals surface area contributed by atoms with Crippen molar-refractivity contribution in [2.45, 2.75) is 26.4 Å². The normalized spacial score (nSPS) is 11.2. The Hall–Kier alpha value is -2.92. The lowest BCUT2D eigenvalue weighted by Crippen LogP contribution is -2.19. The molecule has 0 amide bonds. The van der Waals surface area contributed by atoms with Gasteiger partial charge in [-0.1, -0.05) is 11.6 Å². The second-order valence-corrected chi connectivity index (χ2v) is 7.09. The largest absolute Gasteiger partial charge is 0.496 e. The van der Waals surface area contributed by atoms with E-state index >= 15 is 0 Å². The van der Waals surface area contributed by atoms with Gasteiger partial charge >= 0.3 is 5.97 Å². The molecule has 0 fully saturated rings. The summed E-state index contributed by atoms with van der Waals surface area (Å²) in [4.78, 5) is 22.8. The van der Waals surface area contributed by atoms with Crippen LogP contribution in [0.2, 0.25) is 0 Å². The number of ether oxygens (including phenoxy) is 4. The van der Waals surface area contributed by atoms with Crippen LogP contribution in [0.5, 0.6) is 11.5 Å². The molecule has 0 radical (unpaired) electrons. The first kappa shape index (κ1) is 28.1. The quantitative estimate of drug-likeness (QED) is 0.132. The highest BCUT2D eigenvalue weighted by Crippen LogP contribution is 2.48. The lowest BCUT2D eigenvalue weighted by atomic mass is 9.96. The Balaban J connectivity index is 0.00000544. The molecule has 0 spiro atoms. The molecule has 0 heterocycles.